The number of Topliss-reactive ketones (excluding diaryl/α,β-unsaturated/α-hetero) is 1. The molecular weight excluding hydrogens is 582 g/mol. The van der Waals surface area contributed by atoms with E-state index in [1.54, 1.807) is 9.80 Å². The maximum atomic E-state index is 14.3. The highest BCUT2D eigenvalue weighted by atomic mass is 32.1. The van der Waals surface area contributed by atoms with Crippen molar-refractivity contribution < 1.29 is 19.2 Å². The van der Waals surface area contributed by atoms with Crippen LogP contribution in [0.1, 0.15) is 67.4 Å². The summed E-state index contributed by atoms with van der Waals surface area (Å²) in [5.74, 6) is -1.27. The van der Waals surface area contributed by atoms with Gasteiger partial charge in [0.15, 0.2) is 5.78 Å². The van der Waals surface area contributed by atoms with Gasteiger partial charge in [0.25, 0.3) is 5.91 Å². The molecule has 1 aromatic heterocycles. The van der Waals surface area contributed by atoms with Gasteiger partial charge < -0.3 is 15.1 Å². The second kappa shape index (κ2) is 14.7. The fraction of sp³-hybridized carbons (Fsp3) is 0.351. The second-order valence-corrected chi connectivity index (χ2v) is 13.0. The number of benzene rings is 3. The number of piperidine rings is 1. The zero-order valence-corrected chi connectivity index (χ0v) is 27.0. The van der Waals surface area contributed by atoms with Gasteiger partial charge in [-0.15, -0.1) is 11.3 Å². The number of amides is 3. The molecule has 234 valence electrons. The third-order valence-electron chi connectivity index (χ3n) is 8.36. The van der Waals surface area contributed by atoms with Crippen LogP contribution in [0.2, 0.25) is 0 Å². The van der Waals surface area contributed by atoms with Gasteiger partial charge in [0.2, 0.25) is 11.8 Å². The van der Waals surface area contributed by atoms with Crippen molar-refractivity contribution in [2.24, 2.45) is 5.92 Å². The fourth-order valence-corrected chi connectivity index (χ4v) is 7.16. The van der Waals surface area contributed by atoms with Gasteiger partial charge in [-0.3, -0.25) is 19.2 Å². The van der Waals surface area contributed by atoms with E-state index in [4.69, 9.17) is 0 Å². The number of rotatable bonds is 11. The minimum atomic E-state index is -0.788. The molecule has 0 spiro atoms. The summed E-state index contributed by atoms with van der Waals surface area (Å²) in [4.78, 5) is 58.6. The van der Waals surface area contributed by atoms with E-state index in [2.05, 4.69) is 5.32 Å². The Morgan fingerprint density at radius 3 is 2.16 bits per heavy atom. The Hall–Kier alpha value is -4.30. The van der Waals surface area contributed by atoms with Crippen LogP contribution in [0.5, 0.6) is 0 Å². The molecule has 5 rings (SSSR count). The van der Waals surface area contributed by atoms with Gasteiger partial charge in [-0.2, -0.15) is 0 Å². The molecule has 45 heavy (non-hydrogen) atoms. The Morgan fingerprint density at radius 2 is 1.56 bits per heavy atom. The third-order valence-corrected chi connectivity index (χ3v) is 9.33. The molecule has 1 unspecified atom stereocenters. The first-order chi connectivity index (χ1) is 21.8. The van der Waals surface area contributed by atoms with Crippen LogP contribution in [0.3, 0.4) is 0 Å². The number of hydrogen-bond acceptors (Lipinski definition) is 5. The second-order valence-electron chi connectivity index (χ2n) is 12.1. The molecule has 1 N–H and O–H groups in total. The van der Waals surface area contributed by atoms with E-state index in [0.717, 1.165) is 21.2 Å². The molecule has 2 heterocycles. The Kier molecular flexibility index (Phi) is 10.5. The van der Waals surface area contributed by atoms with Crippen molar-refractivity contribution in [1.82, 2.24) is 15.1 Å². The highest BCUT2D eigenvalue weighted by Crippen LogP contribution is 2.29. The van der Waals surface area contributed by atoms with Crippen LogP contribution in [0, 0.1) is 5.92 Å². The SMILES string of the molecule is CCCN(C(=O)[C@H](CC(C)C)NC(=O)C(c1ccccc1)c1ccccc1)C1CCN(C(=O)c2csc3ccccc23)CC1=O. The zero-order chi connectivity index (χ0) is 31.9. The minimum absolute atomic E-state index is 0.0491. The summed E-state index contributed by atoms with van der Waals surface area (Å²) in [5, 5.41) is 5.84. The van der Waals surface area contributed by atoms with Crippen molar-refractivity contribution in [1.29, 1.82) is 0 Å². The number of hydrogen-bond donors (Lipinski definition) is 1. The van der Waals surface area contributed by atoms with E-state index in [1.807, 2.05) is 111 Å². The summed E-state index contributed by atoms with van der Waals surface area (Å²) in [7, 11) is 0. The van der Waals surface area contributed by atoms with Gasteiger partial charge in [0, 0.05) is 28.6 Å². The van der Waals surface area contributed by atoms with Crippen molar-refractivity contribution in [3.05, 3.63) is 107 Å². The highest BCUT2D eigenvalue weighted by molar-refractivity contribution is 7.17. The number of ketones is 1. The quantitative estimate of drug-likeness (QED) is 0.213. The number of nitrogens with one attached hydrogen (secondary N) is 1. The summed E-state index contributed by atoms with van der Waals surface area (Å²) in [5.41, 5.74) is 2.29. The number of nitrogens with zero attached hydrogens (tertiary/aromatic N) is 2. The third kappa shape index (κ3) is 7.34. The predicted octanol–water partition coefficient (Wildman–Crippen LogP) is 6.29. The maximum Gasteiger partial charge on any atom is 0.255 e. The molecule has 8 heteroatoms. The number of carbonyl (C=O) groups is 4. The molecular formula is C37H41N3O4S. The van der Waals surface area contributed by atoms with E-state index >= 15 is 0 Å². The average molecular weight is 624 g/mol. The van der Waals surface area contributed by atoms with Crippen LogP contribution in [0.4, 0.5) is 0 Å². The lowest BCUT2D eigenvalue weighted by molar-refractivity contribution is -0.144. The number of likely N-dealkylation sites (tertiary alicyclic amines) is 1. The molecule has 0 bridgehead atoms. The summed E-state index contributed by atoms with van der Waals surface area (Å²) in [6, 6.07) is 25.5. The predicted molar refractivity (Wildman–Crippen MR) is 179 cm³/mol. The Balaban J connectivity index is 1.34. The van der Waals surface area contributed by atoms with Crippen LogP contribution >= 0.6 is 11.3 Å². The van der Waals surface area contributed by atoms with E-state index < -0.39 is 18.0 Å². The highest BCUT2D eigenvalue weighted by Gasteiger charge is 2.39. The first-order valence-electron chi connectivity index (χ1n) is 15.8. The fourth-order valence-electron chi connectivity index (χ4n) is 6.22. The molecule has 1 aliphatic heterocycles. The Bertz CT molecular complexity index is 1600. The first-order valence-corrected chi connectivity index (χ1v) is 16.6. The molecule has 2 atom stereocenters. The lowest BCUT2D eigenvalue weighted by Crippen LogP contribution is -2.59. The maximum absolute atomic E-state index is 14.3. The molecule has 1 aliphatic rings. The van der Waals surface area contributed by atoms with Crippen molar-refractivity contribution >= 4 is 44.9 Å². The average Bonchev–Trinajstić information content (AvgIpc) is 3.48. The van der Waals surface area contributed by atoms with E-state index in [9.17, 15) is 19.2 Å². The van der Waals surface area contributed by atoms with E-state index in [0.29, 0.717) is 37.9 Å². The van der Waals surface area contributed by atoms with Crippen LogP contribution in [-0.4, -0.2) is 65.0 Å². The number of carbonyl (C=O) groups excluding carboxylic acids is 4. The molecule has 4 aromatic rings. The van der Waals surface area contributed by atoms with Crippen molar-refractivity contribution in [3.8, 4) is 0 Å². The van der Waals surface area contributed by atoms with E-state index in [1.165, 1.54) is 11.3 Å². The molecule has 7 nitrogen and oxygen atoms in total. The molecule has 1 fully saturated rings. The molecule has 0 aliphatic carbocycles. The van der Waals surface area contributed by atoms with Crippen molar-refractivity contribution in [2.45, 2.75) is 58.0 Å². The largest absolute Gasteiger partial charge is 0.343 e. The monoisotopic (exact) mass is 623 g/mol. The molecule has 3 aromatic carbocycles. The van der Waals surface area contributed by atoms with Gasteiger partial charge in [0.1, 0.15) is 6.04 Å². The van der Waals surface area contributed by atoms with Crippen LogP contribution < -0.4 is 5.32 Å². The van der Waals surface area contributed by atoms with Gasteiger partial charge in [-0.05, 0) is 42.4 Å². The van der Waals surface area contributed by atoms with Crippen molar-refractivity contribution in [2.75, 3.05) is 19.6 Å². The molecule has 3 amide bonds. The van der Waals surface area contributed by atoms with Gasteiger partial charge in [0.05, 0.1) is 24.1 Å². The standard InChI is InChI=1S/C37H41N3O4S/c1-4-20-40(31-19-21-39(23-32(31)41)36(43)29-24-45-33-18-12-11-17-28(29)33)37(44)30(22-25(2)3)38-35(42)34(26-13-7-5-8-14-26)27-15-9-6-10-16-27/h5-18,24-25,30-31,34H,4,19-23H2,1-3H3,(H,38,42)/t30-,31?/m0/s1. The van der Waals surface area contributed by atoms with Gasteiger partial charge >= 0.3 is 0 Å². The Morgan fingerprint density at radius 1 is 0.933 bits per heavy atom. The summed E-state index contributed by atoms with van der Waals surface area (Å²) in [6.45, 7) is 6.73. The normalized spacial score (nSPS) is 15.8. The van der Waals surface area contributed by atoms with Crippen LogP contribution in [-0.2, 0) is 14.4 Å². The molecule has 0 saturated carbocycles. The molecule has 0 radical (unpaired) electrons. The van der Waals surface area contributed by atoms with Gasteiger partial charge in [-0.1, -0.05) is 99.6 Å². The number of fused-ring (bicyclic) bond motifs is 1. The van der Waals surface area contributed by atoms with Crippen LogP contribution in [0.25, 0.3) is 10.1 Å². The minimum Gasteiger partial charge on any atom is -0.343 e. The summed E-state index contributed by atoms with van der Waals surface area (Å²) < 4.78 is 1.03. The van der Waals surface area contributed by atoms with Gasteiger partial charge in [-0.25, -0.2) is 0 Å². The van der Waals surface area contributed by atoms with Crippen molar-refractivity contribution in [3.63, 3.8) is 0 Å². The summed E-state index contributed by atoms with van der Waals surface area (Å²) in [6.07, 6.45) is 1.47. The molecule has 1 saturated heterocycles. The first kappa shape index (κ1) is 32.1. The lowest BCUT2D eigenvalue weighted by atomic mass is 9.89. The number of thiophene rings is 1. The zero-order valence-electron chi connectivity index (χ0n) is 26.1. The lowest BCUT2D eigenvalue weighted by Gasteiger charge is -2.39. The topological polar surface area (TPSA) is 86.8 Å². The summed E-state index contributed by atoms with van der Waals surface area (Å²) >= 11 is 1.51. The smallest absolute Gasteiger partial charge is 0.255 e. The Labute approximate surface area is 269 Å². The van der Waals surface area contributed by atoms with E-state index in [-0.39, 0.29) is 36.0 Å². The van der Waals surface area contributed by atoms with Crippen LogP contribution in [0.15, 0.2) is 90.3 Å².